The van der Waals surface area contributed by atoms with Crippen LogP contribution in [0.2, 0.25) is 0 Å². The van der Waals surface area contributed by atoms with E-state index < -0.39 is 0 Å². The number of hydrogen-bond acceptors (Lipinski definition) is 2. The van der Waals surface area contributed by atoms with E-state index in [9.17, 15) is 9.18 Å². The van der Waals surface area contributed by atoms with Gasteiger partial charge in [-0.2, -0.15) is 0 Å². The van der Waals surface area contributed by atoms with Gasteiger partial charge in [0.15, 0.2) is 0 Å². The lowest BCUT2D eigenvalue weighted by Gasteiger charge is -2.39. The van der Waals surface area contributed by atoms with Gasteiger partial charge in [0, 0.05) is 13.7 Å². The molecule has 1 N–H and O–H groups in total. The number of hydrogen-bond donors (Lipinski definition) is 1. The number of halogens is 1. The first-order valence-electron chi connectivity index (χ1n) is 6.60. The van der Waals surface area contributed by atoms with Crippen molar-refractivity contribution < 1.29 is 13.9 Å². The summed E-state index contributed by atoms with van der Waals surface area (Å²) in [5, 5.41) is 2.91. The summed E-state index contributed by atoms with van der Waals surface area (Å²) in [5.41, 5.74) is 1.44. The molecule has 0 saturated heterocycles. The van der Waals surface area contributed by atoms with Crippen molar-refractivity contribution in [3.63, 3.8) is 0 Å². The Balaban J connectivity index is 1.98. The van der Waals surface area contributed by atoms with Gasteiger partial charge < -0.3 is 10.1 Å². The molecule has 0 spiro atoms. The minimum Gasteiger partial charge on any atom is -0.384 e. The zero-order valence-electron chi connectivity index (χ0n) is 11.5. The standard InChI is InChI=1S/C15H20FNO2/c1-11-4-5-13(16)8-12(11)9-17-14(18)15(10-19-2)6-3-7-15/h4-5,8H,3,6-7,9-10H2,1-2H3,(H,17,18). The van der Waals surface area contributed by atoms with Crippen molar-refractivity contribution in [2.75, 3.05) is 13.7 Å². The predicted molar refractivity (Wildman–Crippen MR) is 71.1 cm³/mol. The summed E-state index contributed by atoms with van der Waals surface area (Å²) >= 11 is 0. The summed E-state index contributed by atoms with van der Waals surface area (Å²) in [6.07, 6.45) is 2.80. The maximum Gasteiger partial charge on any atom is 0.228 e. The molecule has 1 aromatic rings. The van der Waals surface area contributed by atoms with Gasteiger partial charge in [-0.05, 0) is 43.0 Å². The molecule has 2 rings (SSSR count). The zero-order valence-corrected chi connectivity index (χ0v) is 11.5. The molecule has 1 aliphatic rings. The molecule has 3 nitrogen and oxygen atoms in total. The van der Waals surface area contributed by atoms with Crippen molar-refractivity contribution >= 4 is 5.91 Å². The fraction of sp³-hybridized carbons (Fsp3) is 0.533. The third-order valence-corrected chi connectivity index (χ3v) is 3.96. The SMILES string of the molecule is COCC1(C(=O)NCc2cc(F)ccc2C)CCC1. The van der Waals surface area contributed by atoms with Gasteiger partial charge >= 0.3 is 0 Å². The van der Waals surface area contributed by atoms with E-state index in [4.69, 9.17) is 4.74 Å². The normalized spacial score (nSPS) is 16.8. The Morgan fingerprint density at radius 1 is 1.47 bits per heavy atom. The number of amides is 1. The smallest absolute Gasteiger partial charge is 0.228 e. The number of rotatable bonds is 5. The van der Waals surface area contributed by atoms with E-state index in [1.54, 1.807) is 13.2 Å². The van der Waals surface area contributed by atoms with E-state index in [2.05, 4.69) is 5.32 Å². The Hall–Kier alpha value is -1.42. The van der Waals surface area contributed by atoms with Gasteiger partial charge in [-0.15, -0.1) is 0 Å². The molecule has 0 bridgehead atoms. The van der Waals surface area contributed by atoms with Gasteiger partial charge in [-0.25, -0.2) is 4.39 Å². The minimum atomic E-state index is -0.365. The molecule has 1 saturated carbocycles. The second kappa shape index (κ2) is 5.70. The highest BCUT2D eigenvalue weighted by Crippen LogP contribution is 2.41. The summed E-state index contributed by atoms with van der Waals surface area (Å²) in [6.45, 7) is 2.74. The number of ether oxygens (including phenoxy) is 1. The van der Waals surface area contributed by atoms with Crippen molar-refractivity contribution in [2.45, 2.75) is 32.7 Å². The van der Waals surface area contributed by atoms with E-state index in [0.29, 0.717) is 13.2 Å². The fourth-order valence-corrected chi connectivity index (χ4v) is 2.51. The lowest BCUT2D eigenvalue weighted by molar-refractivity contribution is -0.140. The quantitative estimate of drug-likeness (QED) is 0.888. The highest BCUT2D eigenvalue weighted by molar-refractivity contribution is 5.83. The van der Waals surface area contributed by atoms with E-state index in [1.807, 2.05) is 6.92 Å². The highest BCUT2D eigenvalue weighted by atomic mass is 19.1. The van der Waals surface area contributed by atoms with E-state index >= 15 is 0 Å². The number of carbonyl (C=O) groups excluding carboxylic acids is 1. The summed E-state index contributed by atoms with van der Waals surface area (Å²) in [6, 6.07) is 4.63. The van der Waals surface area contributed by atoms with Crippen molar-refractivity contribution in [3.8, 4) is 0 Å². The van der Waals surface area contributed by atoms with Crippen LogP contribution in [0.4, 0.5) is 4.39 Å². The topological polar surface area (TPSA) is 38.3 Å². The molecule has 19 heavy (non-hydrogen) atoms. The second-order valence-electron chi connectivity index (χ2n) is 5.32. The van der Waals surface area contributed by atoms with Crippen LogP contribution in [0.15, 0.2) is 18.2 Å². The summed E-state index contributed by atoms with van der Waals surface area (Å²) in [7, 11) is 1.62. The first-order valence-corrected chi connectivity index (χ1v) is 6.60. The lowest BCUT2D eigenvalue weighted by Crippen LogP contribution is -2.48. The molecule has 0 unspecified atom stereocenters. The monoisotopic (exact) mass is 265 g/mol. The van der Waals surface area contributed by atoms with Gasteiger partial charge in [0.1, 0.15) is 5.82 Å². The van der Waals surface area contributed by atoms with Crippen LogP contribution in [-0.2, 0) is 16.1 Å². The Labute approximate surface area is 113 Å². The molecule has 0 aromatic heterocycles. The van der Waals surface area contributed by atoms with Crippen LogP contribution < -0.4 is 5.32 Å². The van der Waals surface area contributed by atoms with E-state index in [-0.39, 0.29) is 17.1 Å². The maximum absolute atomic E-state index is 13.2. The van der Waals surface area contributed by atoms with Crippen molar-refractivity contribution in [1.29, 1.82) is 0 Å². The first-order chi connectivity index (χ1) is 9.07. The highest BCUT2D eigenvalue weighted by Gasteiger charge is 2.43. The largest absolute Gasteiger partial charge is 0.384 e. The van der Waals surface area contributed by atoms with Gasteiger partial charge in [-0.3, -0.25) is 4.79 Å². The molecule has 1 aromatic carbocycles. The van der Waals surface area contributed by atoms with Gasteiger partial charge in [0.05, 0.1) is 12.0 Å². The predicted octanol–water partition coefficient (Wildman–Crippen LogP) is 2.57. The molecule has 0 heterocycles. The molecule has 0 atom stereocenters. The Bertz CT molecular complexity index is 469. The zero-order chi connectivity index (χ0) is 13.9. The van der Waals surface area contributed by atoms with E-state index in [0.717, 1.165) is 30.4 Å². The molecule has 0 radical (unpaired) electrons. The number of benzene rings is 1. The van der Waals surface area contributed by atoms with Crippen LogP contribution in [0.25, 0.3) is 0 Å². The molecule has 0 aliphatic heterocycles. The summed E-state index contributed by atoms with van der Waals surface area (Å²) < 4.78 is 18.3. The van der Waals surface area contributed by atoms with Crippen LogP contribution in [-0.4, -0.2) is 19.6 Å². The van der Waals surface area contributed by atoms with Crippen LogP contribution in [0.1, 0.15) is 30.4 Å². The van der Waals surface area contributed by atoms with Gasteiger partial charge in [0.25, 0.3) is 0 Å². The van der Waals surface area contributed by atoms with Crippen LogP contribution in [0.3, 0.4) is 0 Å². The van der Waals surface area contributed by atoms with Crippen LogP contribution in [0.5, 0.6) is 0 Å². The Morgan fingerprint density at radius 2 is 2.21 bits per heavy atom. The van der Waals surface area contributed by atoms with Crippen molar-refractivity contribution in [1.82, 2.24) is 5.32 Å². The molecular weight excluding hydrogens is 245 g/mol. The third-order valence-electron chi connectivity index (χ3n) is 3.96. The number of aryl methyl sites for hydroxylation is 1. The van der Waals surface area contributed by atoms with Crippen LogP contribution >= 0.6 is 0 Å². The molecule has 1 amide bonds. The summed E-state index contributed by atoms with van der Waals surface area (Å²) in [4.78, 5) is 12.2. The third kappa shape index (κ3) is 2.95. The van der Waals surface area contributed by atoms with Gasteiger partial charge in [0.2, 0.25) is 5.91 Å². The average Bonchev–Trinajstić information content (AvgIpc) is 2.34. The average molecular weight is 265 g/mol. The van der Waals surface area contributed by atoms with Gasteiger partial charge in [-0.1, -0.05) is 12.5 Å². The lowest BCUT2D eigenvalue weighted by atomic mass is 9.68. The molecule has 1 fully saturated rings. The maximum atomic E-state index is 13.2. The molecule has 104 valence electrons. The second-order valence-corrected chi connectivity index (χ2v) is 5.32. The minimum absolute atomic E-state index is 0.0178. The Morgan fingerprint density at radius 3 is 2.79 bits per heavy atom. The number of carbonyl (C=O) groups is 1. The van der Waals surface area contributed by atoms with Crippen molar-refractivity contribution in [2.24, 2.45) is 5.41 Å². The first kappa shape index (κ1) is 14.0. The van der Waals surface area contributed by atoms with E-state index in [1.165, 1.54) is 12.1 Å². The fourth-order valence-electron chi connectivity index (χ4n) is 2.51. The number of nitrogens with one attached hydrogen (secondary N) is 1. The van der Waals surface area contributed by atoms with Crippen LogP contribution in [0, 0.1) is 18.2 Å². The summed E-state index contributed by atoms with van der Waals surface area (Å²) in [5.74, 6) is -0.255. The Kier molecular flexibility index (Phi) is 4.20. The molecule has 4 heteroatoms. The number of methoxy groups -OCH3 is 1. The molecule has 1 aliphatic carbocycles. The van der Waals surface area contributed by atoms with Crippen molar-refractivity contribution in [3.05, 3.63) is 35.1 Å². The molecular formula is C15H20FNO2.